The van der Waals surface area contributed by atoms with Crippen LogP contribution in [0.4, 0.5) is 0 Å². The SMILES string of the molecule is CC(O)C(NC(=O)C1CCCN1C(=O)C1CCCN1C(=O)C(N)Cc1ccccc1)C(=O)O. The van der Waals surface area contributed by atoms with E-state index in [1.54, 1.807) is 0 Å². The average molecular weight is 461 g/mol. The van der Waals surface area contributed by atoms with Crippen molar-refractivity contribution in [3.63, 3.8) is 0 Å². The standard InChI is InChI=1S/C23H32N4O6/c1-14(28)19(23(32)33)25-20(29)17-9-5-11-26(17)22(31)18-10-6-12-27(18)21(30)16(24)13-15-7-3-2-4-8-15/h2-4,7-8,14,16-19,28H,5-6,9-13,24H2,1H3,(H,25,29)(H,32,33). The van der Waals surface area contributed by atoms with Gasteiger partial charge in [-0.3, -0.25) is 14.4 Å². The summed E-state index contributed by atoms with van der Waals surface area (Å²) in [6.07, 6.45) is 1.20. The normalized spacial score (nSPS) is 23.1. The summed E-state index contributed by atoms with van der Waals surface area (Å²) in [5, 5.41) is 21.2. The zero-order valence-electron chi connectivity index (χ0n) is 18.7. The lowest BCUT2D eigenvalue weighted by Crippen LogP contribution is -2.57. The minimum Gasteiger partial charge on any atom is -0.480 e. The second-order valence-corrected chi connectivity index (χ2v) is 8.74. The molecule has 3 rings (SSSR count). The number of rotatable bonds is 8. The summed E-state index contributed by atoms with van der Waals surface area (Å²) in [6, 6.07) is 5.65. The molecule has 2 aliphatic heterocycles. The van der Waals surface area contributed by atoms with Crippen LogP contribution in [0.3, 0.4) is 0 Å². The first-order chi connectivity index (χ1) is 15.7. The Morgan fingerprint density at radius 3 is 2.27 bits per heavy atom. The highest BCUT2D eigenvalue weighted by atomic mass is 16.4. The number of nitrogens with one attached hydrogen (secondary N) is 1. The zero-order chi connectivity index (χ0) is 24.1. The van der Waals surface area contributed by atoms with E-state index in [9.17, 15) is 29.4 Å². The van der Waals surface area contributed by atoms with E-state index in [4.69, 9.17) is 5.73 Å². The van der Waals surface area contributed by atoms with E-state index in [1.165, 1.54) is 16.7 Å². The van der Waals surface area contributed by atoms with Crippen LogP contribution >= 0.6 is 0 Å². The summed E-state index contributed by atoms with van der Waals surface area (Å²) >= 11 is 0. The van der Waals surface area contributed by atoms with Gasteiger partial charge >= 0.3 is 5.97 Å². The molecule has 5 atom stereocenters. The molecule has 5 unspecified atom stereocenters. The summed E-state index contributed by atoms with van der Waals surface area (Å²) in [4.78, 5) is 53.4. The number of aliphatic hydroxyl groups is 1. The predicted octanol–water partition coefficient (Wildman–Crippen LogP) is -0.511. The molecule has 180 valence electrons. The minimum atomic E-state index is -1.46. The van der Waals surface area contributed by atoms with E-state index in [2.05, 4.69) is 5.32 Å². The molecule has 2 saturated heterocycles. The molecule has 5 N–H and O–H groups in total. The highest BCUT2D eigenvalue weighted by Gasteiger charge is 2.43. The number of carbonyl (C=O) groups is 4. The number of nitrogens with two attached hydrogens (primary N) is 1. The van der Waals surface area contributed by atoms with Crippen molar-refractivity contribution in [1.82, 2.24) is 15.1 Å². The maximum atomic E-state index is 13.4. The van der Waals surface area contributed by atoms with Crippen molar-refractivity contribution in [3.05, 3.63) is 35.9 Å². The Morgan fingerprint density at radius 2 is 1.67 bits per heavy atom. The molecule has 0 spiro atoms. The molecule has 0 radical (unpaired) electrons. The molecule has 10 heteroatoms. The largest absolute Gasteiger partial charge is 0.480 e. The van der Waals surface area contributed by atoms with Crippen LogP contribution in [0.5, 0.6) is 0 Å². The Balaban J connectivity index is 1.67. The van der Waals surface area contributed by atoms with Gasteiger partial charge in [0.2, 0.25) is 17.7 Å². The first-order valence-corrected chi connectivity index (χ1v) is 11.3. The lowest BCUT2D eigenvalue weighted by molar-refractivity contribution is -0.149. The fraction of sp³-hybridized carbons (Fsp3) is 0.565. The number of nitrogens with zero attached hydrogens (tertiary/aromatic N) is 2. The fourth-order valence-corrected chi connectivity index (χ4v) is 4.59. The second-order valence-electron chi connectivity index (χ2n) is 8.74. The van der Waals surface area contributed by atoms with Crippen molar-refractivity contribution in [2.75, 3.05) is 13.1 Å². The third kappa shape index (κ3) is 5.69. The van der Waals surface area contributed by atoms with Crippen molar-refractivity contribution in [1.29, 1.82) is 0 Å². The average Bonchev–Trinajstić information content (AvgIpc) is 3.46. The third-order valence-corrected chi connectivity index (χ3v) is 6.32. The molecular formula is C23H32N4O6. The monoisotopic (exact) mass is 460 g/mol. The molecular weight excluding hydrogens is 428 g/mol. The van der Waals surface area contributed by atoms with Gasteiger partial charge in [0.05, 0.1) is 12.1 Å². The summed E-state index contributed by atoms with van der Waals surface area (Å²) < 4.78 is 0. The van der Waals surface area contributed by atoms with E-state index < -0.39 is 42.1 Å². The van der Waals surface area contributed by atoms with Gasteiger partial charge in [0, 0.05) is 13.1 Å². The van der Waals surface area contributed by atoms with E-state index >= 15 is 0 Å². The van der Waals surface area contributed by atoms with Crippen LogP contribution in [0.15, 0.2) is 30.3 Å². The molecule has 33 heavy (non-hydrogen) atoms. The van der Waals surface area contributed by atoms with Gasteiger partial charge in [0.1, 0.15) is 12.1 Å². The second kappa shape index (κ2) is 10.8. The van der Waals surface area contributed by atoms with Gasteiger partial charge < -0.3 is 31.1 Å². The van der Waals surface area contributed by atoms with Crippen LogP contribution in [-0.2, 0) is 25.6 Å². The topological polar surface area (TPSA) is 153 Å². The lowest BCUT2D eigenvalue weighted by Gasteiger charge is -2.32. The molecule has 0 bridgehead atoms. The molecule has 0 aliphatic carbocycles. The smallest absolute Gasteiger partial charge is 0.328 e. The molecule has 2 aliphatic rings. The molecule has 0 aromatic heterocycles. The van der Waals surface area contributed by atoms with E-state index in [0.29, 0.717) is 45.2 Å². The van der Waals surface area contributed by atoms with Crippen LogP contribution in [0.1, 0.15) is 38.2 Å². The van der Waals surface area contributed by atoms with Gasteiger partial charge in [-0.25, -0.2) is 4.79 Å². The van der Waals surface area contributed by atoms with Crippen LogP contribution in [0.25, 0.3) is 0 Å². The molecule has 10 nitrogen and oxygen atoms in total. The first-order valence-electron chi connectivity index (χ1n) is 11.3. The van der Waals surface area contributed by atoms with Crippen LogP contribution in [0, 0.1) is 0 Å². The molecule has 1 aromatic rings. The number of carbonyl (C=O) groups excluding carboxylic acids is 3. The van der Waals surface area contributed by atoms with Crippen LogP contribution in [0.2, 0.25) is 0 Å². The number of likely N-dealkylation sites (tertiary alicyclic amines) is 2. The van der Waals surface area contributed by atoms with Gasteiger partial charge in [0.15, 0.2) is 6.04 Å². The Hall–Kier alpha value is -2.98. The Labute approximate surface area is 192 Å². The minimum absolute atomic E-state index is 0.296. The fourth-order valence-electron chi connectivity index (χ4n) is 4.59. The third-order valence-electron chi connectivity index (χ3n) is 6.32. The van der Waals surface area contributed by atoms with Crippen molar-refractivity contribution in [3.8, 4) is 0 Å². The Morgan fingerprint density at radius 1 is 1.06 bits per heavy atom. The highest BCUT2D eigenvalue weighted by Crippen LogP contribution is 2.26. The number of aliphatic carboxylic acids is 1. The zero-order valence-corrected chi connectivity index (χ0v) is 18.7. The van der Waals surface area contributed by atoms with Crippen molar-refractivity contribution < 1.29 is 29.4 Å². The number of hydrogen-bond acceptors (Lipinski definition) is 6. The Kier molecular flexibility index (Phi) is 8.04. The summed E-state index contributed by atoms with van der Waals surface area (Å²) in [5.41, 5.74) is 7.11. The maximum Gasteiger partial charge on any atom is 0.328 e. The molecule has 3 amide bonds. The molecule has 0 saturated carbocycles. The number of benzene rings is 1. The van der Waals surface area contributed by atoms with Gasteiger partial charge in [-0.1, -0.05) is 30.3 Å². The van der Waals surface area contributed by atoms with Gasteiger partial charge in [-0.2, -0.15) is 0 Å². The Bertz CT molecular complexity index is 877. The summed E-state index contributed by atoms with van der Waals surface area (Å²) in [5.74, 6) is -2.59. The van der Waals surface area contributed by atoms with Crippen LogP contribution < -0.4 is 11.1 Å². The summed E-state index contributed by atoms with van der Waals surface area (Å²) in [6.45, 7) is 2.04. The van der Waals surface area contributed by atoms with E-state index in [-0.39, 0.29) is 11.8 Å². The lowest BCUT2D eigenvalue weighted by atomic mass is 10.0. The number of carboxylic acid groups (broad SMARTS) is 1. The number of carboxylic acids is 1. The van der Waals surface area contributed by atoms with Crippen molar-refractivity contribution in [2.45, 2.75) is 69.3 Å². The molecule has 2 fully saturated rings. The predicted molar refractivity (Wildman–Crippen MR) is 119 cm³/mol. The number of aliphatic hydroxyl groups excluding tert-OH is 1. The highest BCUT2D eigenvalue weighted by molar-refractivity contribution is 5.95. The van der Waals surface area contributed by atoms with Gasteiger partial charge in [-0.05, 0) is 44.6 Å². The molecule has 1 aromatic carbocycles. The first kappa shape index (κ1) is 24.7. The number of amides is 3. The van der Waals surface area contributed by atoms with Crippen LogP contribution in [-0.4, -0.2) is 87.1 Å². The molecule has 2 heterocycles. The van der Waals surface area contributed by atoms with Crippen molar-refractivity contribution in [2.24, 2.45) is 5.73 Å². The van der Waals surface area contributed by atoms with Crippen molar-refractivity contribution >= 4 is 23.7 Å². The summed E-state index contributed by atoms with van der Waals surface area (Å²) in [7, 11) is 0. The van der Waals surface area contributed by atoms with E-state index in [0.717, 1.165) is 5.56 Å². The maximum absolute atomic E-state index is 13.4. The van der Waals surface area contributed by atoms with Gasteiger partial charge in [0.25, 0.3) is 0 Å². The number of hydrogen-bond donors (Lipinski definition) is 4. The van der Waals surface area contributed by atoms with Gasteiger partial charge in [-0.15, -0.1) is 0 Å². The quantitative estimate of drug-likeness (QED) is 0.407. The van der Waals surface area contributed by atoms with E-state index in [1.807, 2.05) is 30.3 Å².